The van der Waals surface area contributed by atoms with Gasteiger partial charge >= 0.3 is 0 Å². The van der Waals surface area contributed by atoms with Crippen LogP contribution in [-0.2, 0) is 4.79 Å². The van der Waals surface area contributed by atoms with E-state index < -0.39 is 0 Å². The SMILES string of the molecule is CS[C@H]1CC[C@@H](N(C)CC(=O)Nc2ccncc2)C1. The van der Waals surface area contributed by atoms with E-state index in [0.717, 1.165) is 10.9 Å². The lowest BCUT2D eigenvalue weighted by Gasteiger charge is -2.23. The molecule has 1 aromatic rings. The molecule has 1 aromatic heterocycles. The predicted molar refractivity (Wildman–Crippen MR) is 80.4 cm³/mol. The second kappa shape index (κ2) is 6.91. The van der Waals surface area contributed by atoms with E-state index in [1.807, 2.05) is 18.8 Å². The Morgan fingerprint density at radius 1 is 1.47 bits per heavy atom. The van der Waals surface area contributed by atoms with Crippen molar-refractivity contribution in [3.05, 3.63) is 24.5 Å². The van der Waals surface area contributed by atoms with Crippen molar-refractivity contribution in [2.45, 2.75) is 30.6 Å². The molecule has 5 heteroatoms. The number of rotatable bonds is 5. The van der Waals surface area contributed by atoms with Gasteiger partial charge in [-0.3, -0.25) is 14.7 Å². The van der Waals surface area contributed by atoms with Crippen molar-refractivity contribution in [3.63, 3.8) is 0 Å². The quantitative estimate of drug-likeness (QED) is 0.898. The molecule has 1 aliphatic rings. The predicted octanol–water partition coefficient (Wildman–Crippen LogP) is 2.24. The molecule has 1 saturated carbocycles. The summed E-state index contributed by atoms with van der Waals surface area (Å²) in [7, 11) is 2.04. The van der Waals surface area contributed by atoms with E-state index in [0.29, 0.717) is 12.6 Å². The molecule has 1 N–H and O–H groups in total. The van der Waals surface area contributed by atoms with E-state index in [-0.39, 0.29) is 5.91 Å². The number of nitrogens with zero attached hydrogens (tertiary/aromatic N) is 2. The number of likely N-dealkylation sites (N-methyl/N-ethyl adjacent to an activating group) is 1. The number of aromatic nitrogens is 1. The second-order valence-electron chi connectivity index (χ2n) is 5.02. The Balaban J connectivity index is 1.79. The first kappa shape index (κ1) is 14.3. The molecule has 1 aliphatic carbocycles. The normalized spacial score (nSPS) is 22.7. The monoisotopic (exact) mass is 279 g/mol. The lowest BCUT2D eigenvalue weighted by molar-refractivity contribution is -0.117. The zero-order chi connectivity index (χ0) is 13.7. The fraction of sp³-hybridized carbons (Fsp3) is 0.571. The topological polar surface area (TPSA) is 45.2 Å². The fourth-order valence-corrected chi connectivity index (χ4v) is 3.31. The fourth-order valence-electron chi connectivity index (χ4n) is 2.52. The summed E-state index contributed by atoms with van der Waals surface area (Å²) in [5.41, 5.74) is 0.807. The Kier molecular flexibility index (Phi) is 5.22. The maximum atomic E-state index is 12.0. The van der Waals surface area contributed by atoms with Gasteiger partial charge in [-0.15, -0.1) is 0 Å². The van der Waals surface area contributed by atoms with E-state index in [4.69, 9.17) is 0 Å². The summed E-state index contributed by atoms with van der Waals surface area (Å²) in [5, 5.41) is 3.66. The molecule has 0 spiro atoms. The Bertz CT molecular complexity index is 412. The minimum atomic E-state index is 0.0429. The van der Waals surface area contributed by atoms with Crippen molar-refractivity contribution in [3.8, 4) is 0 Å². The zero-order valence-electron chi connectivity index (χ0n) is 11.5. The summed E-state index contributed by atoms with van der Waals surface area (Å²) in [6, 6.07) is 4.15. The van der Waals surface area contributed by atoms with E-state index >= 15 is 0 Å². The van der Waals surface area contributed by atoms with Gasteiger partial charge in [0, 0.05) is 29.4 Å². The van der Waals surface area contributed by atoms with Gasteiger partial charge in [-0.1, -0.05) is 0 Å². The Morgan fingerprint density at radius 2 is 2.21 bits per heavy atom. The van der Waals surface area contributed by atoms with Gasteiger partial charge in [0.1, 0.15) is 0 Å². The second-order valence-corrected chi connectivity index (χ2v) is 6.16. The molecule has 0 radical (unpaired) electrons. The van der Waals surface area contributed by atoms with Crippen LogP contribution in [0, 0.1) is 0 Å². The van der Waals surface area contributed by atoms with Gasteiger partial charge in [0.05, 0.1) is 6.54 Å². The molecule has 1 heterocycles. The Hall–Kier alpha value is -1.07. The lowest BCUT2D eigenvalue weighted by Crippen LogP contribution is -2.36. The van der Waals surface area contributed by atoms with Gasteiger partial charge in [-0.25, -0.2) is 0 Å². The van der Waals surface area contributed by atoms with Crippen LogP contribution in [0.25, 0.3) is 0 Å². The third-order valence-corrected chi connectivity index (χ3v) is 4.77. The van der Waals surface area contributed by atoms with Gasteiger partial charge in [-0.2, -0.15) is 11.8 Å². The minimum absolute atomic E-state index is 0.0429. The number of carbonyl (C=O) groups is 1. The summed E-state index contributed by atoms with van der Waals surface area (Å²) in [6.45, 7) is 0.452. The van der Waals surface area contributed by atoms with Crippen LogP contribution in [0.2, 0.25) is 0 Å². The van der Waals surface area contributed by atoms with Crippen molar-refractivity contribution < 1.29 is 4.79 Å². The van der Waals surface area contributed by atoms with Crippen molar-refractivity contribution in [1.29, 1.82) is 0 Å². The molecule has 1 amide bonds. The third-order valence-electron chi connectivity index (χ3n) is 3.67. The number of thioether (sulfide) groups is 1. The highest BCUT2D eigenvalue weighted by Crippen LogP contribution is 2.30. The number of amides is 1. The van der Waals surface area contributed by atoms with Crippen LogP contribution >= 0.6 is 11.8 Å². The first-order valence-corrected chi connectivity index (χ1v) is 7.90. The molecule has 0 bridgehead atoms. The molecule has 0 unspecified atom stereocenters. The van der Waals surface area contributed by atoms with Gasteiger partial charge in [-0.05, 0) is 44.7 Å². The zero-order valence-corrected chi connectivity index (χ0v) is 12.3. The first-order valence-electron chi connectivity index (χ1n) is 6.62. The van der Waals surface area contributed by atoms with E-state index in [1.54, 1.807) is 24.5 Å². The van der Waals surface area contributed by atoms with Gasteiger partial charge in [0.15, 0.2) is 0 Å². The van der Waals surface area contributed by atoms with E-state index in [1.165, 1.54) is 19.3 Å². The molecule has 0 saturated heterocycles. The lowest BCUT2D eigenvalue weighted by atomic mass is 10.2. The maximum absolute atomic E-state index is 12.0. The van der Waals surface area contributed by atoms with E-state index in [2.05, 4.69) is 21.5 Å². The van der Waals surface area contributed by atoms with Gasteiger partial charge in [0.2, 0.25) is 5.91 Å². The molecule has 1 fully saturated rings. The van der Waals surface area contributed by atoms with Crippen LogP contribution in [0.1, 0.15) is 19.3 Å². The third kappa shape index (κ3) is 4.21. The van der Waals surface area contributed by atoms with Crippen LogP contribution in [0.4, 0.5) is 5.69 Å². The summed E-state index contributed by atoms with van der Waals surface area (Å²) in [5.74, 6) is 0.0429. The molecule has 0 aromatic carbocycles. The molecular weight excluding hydrogens is 258 g/mol. The van der Waals surface area contributed by atoms with Crippen LogP contribution in [-0.4, -0.2) is 46.9 Å². The van der Waals surface area contributed by atoms with E-state index in [9.17, 15) is 4.79 Å². The molecular formula is C14H21N3OS. The van der Waals surface area contributed by atoms with Gasteiger partial charge < -0.3 is 5.32 Å². The summed E-state index contributed by atoms with van der Waals surface area (Å²) in [4.78, 5) is 18.1. The van der Waals surface area contributed by atoms with Crippen LogP contribution in [0.5, 0.6) is 0 Å². The van der Waals surface area contributed by atoms with Crippen LogP contribution in [0.15, 0.2) is 24.5 Å². The van der Waals surface area contributed by atoms with Crippen LogP contribution in [0.3, 0.4) is 0 Å². The average molecular weight is 279 g/mol. The Labute approximate surface area is 119 Å². The molecule has 19 heavy (non-hydrogen) atoms. The number of hydrogen-bond acceptors (Lipinski definition) is 4. The number of pyridine rings is 1. The van der Waals surface area contributed by atoms with Crippen molar-refractivity contribution in [1.82, 2.24) is 9.88 Å². The first-order chi connectivity index (χ1) is 9.19. The highest BCUT2D eigenvalue weighted by atomic mass is 32.2. The summed E-state index contributed by atoms with van der Waals surface area (Å²) >= 11 is 1.94. The molecule has 2 rings (SSSR count). The Morgan fingerprint density at radius 3 is 2.84 bits per heavy atom. The molecule has 2 atom stereocenters. The standard InChI is InChI=1S/C14H21N3OS/c1-17(12-3-4-13(9-12)19-2)10-14(18)16-11-5-7-15-8-6-11/h5-8,12-13H,3-4,9-10H2,1-2H3,(H,15,16,18)/t12-,13+/m1/s1. The van der Waals surface area contributed by atoms with Crippen molar-refractivity contribution in [2.75, 3.05) is 25.2 Å². The average Bonchev–Trinajstić information content (AvgIpc) is 2.88. The molecule has 104 valence electrons. The highest BCUT2D eigenvalue weighted by Gasteiger charge is 2.27. The largest absolute Gasteiger partial charge is 0.325 e. The smallest absolute Gasteiger partial charge is 0.238 e. The highest BCUT2D eigenvalue weighted by molar-refractivity contribution is 7.99. The number of anilines is 1. The number of carbonyl (C=O) groups excluding carboxylic acids is 1. The number of hydrogen-bond donors (Lipinski definition) is 1. The van der Waals surface area contributed by atoms with Crippen LogP contribution < -0.4 is 5.32 Å². The van der Waals surface area contributed by atoms with Gasteiger partial charge in [0.25, 0.3) is 0 Å². The summed E-state index contributed by atoms with van der Waals surface area (Å²) < 4.78 is 0. The minimum Gasteiger partial charge on any atom is -0.325 e. The summed E-state index contributed by atoms with van der Waals surface area (Å²) in [6.07, 6.45) is 9.19. The van der Waals surface area contributed by atoms with Crippen molar-refractivity contribution in [2.24, 2.45) is 0 Å². The number of nitrogens with one attached hydrogen (secondary N) is 1. The maximum Gasteiger partial charge on any atom is 0.238 e. The van der Waals surface area contributed by atoms with Crippen molar-refractivity contribution >= 4 is 23.4 Å². The molecule has 4 nitrogen and oxygen atoms in total. The molecule has 0 aliphatic heterocycles.